The first-order chi connectivity index (χ1) is 17.0. The summed E-state index contributed by atoms with van der Waals surface area (Å²) in [6, 6.07) is 16.4. The van der Waals surface area contributed by atoms with Crippen molar-refractivity contribution in [3.05, 3.63) is 72.0 Å². The molecule has 1 heterocycles. The number of methoxy groups -OCH3 is 3. The van der Waals surface area contributed by atoms with Crippen LogP contribution in [-0.2, 0) is 0 Å². The molecule has 8 heteroatoms. The third kappa shape index (κ3) is 4.96. The van der Waals surface area contributed by atoms with Crippen molar-refractivity contribution in [2.45, 2.75) is 6.92 Å². The highest BCUT2D eigenvalue weighted by Gasteiger charge is 2.17. The molecule has 35 heavy (non-hydrogen) atoms. The number of nitrogens with one attached hydrogen (secondary N) is 1. The molecule has 7 nitrogen and oxygen atoms in total. The van der Waals surface area contributed by atoms with Gasteiger partial charge in [-0.15, -0.1) is 0 Å². The van der Waals surface area contributed by atoms with Gasteiger partial charge in [-0.3, -0.25) is 4.79 Å². The van der Waals surface area contributed by atoms with Crippen molar-refractivity contribution < 1.29 is 28.1 Å². The molecule has 0 atom stereocenters. The Morgan fingerprint density at radius 3 is 2.17 bits per heavy atom. The lowest BCUT2D eigenvalue weighted by molar-refractivity contribution is 0.102. The summed E-state index contributed by atoms with van der Waals surface area (Å²) in [5.41, 5.74) is 2.97. The smallest absolute Gasteiger partial charge is 0.255 e. The summed E-state index contributed by atoms with van der Waals surface area (Å²) in [5, 5.41) is 3.56. The van der Waals surface area contributed by atoms with Gasteiger partial charge >= 0.3 is 0 Å². The number of carbonyl (C=O) groups excluding carboxylic acids is 1. The van der Waals surface area contributed by atoms with Crippen molar-refractivity contribution in [2.75, 3.05) is 33.3 Å². The number of aromatic nitrogens is 1. The Balaban J connectivity index is 1.70. The van der Waals surface area contributed by atoms with Gasteiger partial charge < -0.3 is 24.3 Å². The maximum atomic E-state index is 13.4. The Hall–Kier alpha value is -4.33. The van der Waals surface area contributed by atoms with E-state index in [1.54, 1.807) is 48.5 Å². The Kier molecular flexibility index (Phi) is 7.01. The fraction of sp³-hybridized carbons (Fsp3) is 0.185. The van der Waals surface area contributed by atoms with E-state index in [0.717, 1.165) is 5.56 Å². The molecule has 4 aromatic rings. The van der Waals surface area contributed by atoms with Gasteiger partial charge in [0.15, 0.2) is 11.5 Å². The van der Waals surface area contributed by atoms with Gasteiger partial charge in [0.2, 0.25) is 5.75 Å². The molecular formula is C27H25FN2O5. The van der Waals surface area contributed by atoms with Crippen LogP contribution in [0.2, 0.25) is 0 Å². The molecule has 1 aromatic heterocycles. The number of amides is 1. The van der Waals surface area contributed by atoms with Gasteiger partial charge in [-0.05, 0) is 49.4 Å². The first kappa shape index (κ1) is 23.8. The van der Waals surface area contributed by atoms with Crippen LogP contribution in [0.15, 0.2) is 60.7 Å². The lowest BCUT2D eigenvalue weighted by Crippen LogP contribution is -2.12. The molecule has 3 aromatic carbocycles. The van der Waals surface area contributed by atoms with Crippen LogP contribution in [0.3, 0.4) is 0 Å². The van der Waals surface area contributed by atoms with E-state index >= 15 is 0 Å². The van der Waals surface area contributed by atoms with Crippen molar-refractivity contribution >= 4 is 22.5 Å². The van der Waals surface area contributed by atoms with E-state index in [1.807, 2.05) is 6.92 Å². The monoisotopic (exact) mass is 476 g/mol. The number of hydrogen-bond acceptors (Lipinski definition) is 6. The zero-order valence-electron chi connectivity index (χ0n) is 19.8. The maximum absolute atomic E-state index is 13.4. The summed E-state index contributed by atoms with van der Waals surface area (Å²) in [7, 11) is 4.53. The molecule has 0 saturated heterocycles. The van der Waals surface area contributed by atoms with Crippen molar-refractivity contribution in [1.29, 1.82) is 0 Å². The van der Waals surface area contributed by atoms with Crippen LogP contribution in [-0.4, -0.2) is 38.8 Å². The van der Waals surface area contributed by atoms with Gasteiger partial charge in [0.1, 0.15) is 11.6 Å². The molecule has 0 aliphatic carbocycles. The molecule has 0 saturated carbocycles. The highest BCUT2D eigenvalue weighted by molar-refractivity contribution is 6.07. The Morgan fingerprint density at radius 1 is 0.886 bits per heavy atom. The number of nitrogens with zero attached hydrogens (tertiary/aromatic N) is 1. The molecule has 0 spiro atoms. The number of rotatable bonds is 8. The largest absolute Gasteiger partial charge is 0.493 e. The second-order valence-electron chi connectivity index (χ2n) is 7.55. The molecule has 0 bridgehead atoms. The van der Waals surface area contributed by atoms with Gasteiger partial charge in [0.25, 0.3) is 5.91 Å². The first-order valence-electron chi connectivity index (χ1n) is 10.9. The molecule has 0 unspecified atom stereocenters. The number of ether oxygens (including phenoxy) is 4. The maximum Gasteiger partial charge on any atom is 0.255 e. The molecule has 4 rings (SSSR count). The summed E-state index contributed by atoms with van der Waals surface area (Å²) in [5.74, 6) is 1.23. The van der Waals surface area contributed by atoms with Crippen LogP contribution < -0.4 is 24.3 Å². The van der Waals surface area contributed by atoms with E-state index in [-0.39, 0.29) is 11.7 Å². The average molecular weight is 477 g/mol. The van der Waals surface area contributed by atoms with Crippen LogP contribution in [0.25, 0.3) is 22.2 Å². The highest BCUT2D eigenvalue weighted by atomic mass is 19.1. The quantitative estimate of drug-likeness (QED) is 0.351. The molecule has 0 radical (unpaired) electrons. The van der Waals surface area contributed by atoms with E-state index in [1.165, 1.54) is 33.5 Å². The number of anilines is 1. The van der Waals surface area contributed by atoms with E-state index in [4.69, 9.17) is 18.9 Å². The normalized spacial score (nSPS) is 10.7. The van der Waals surface area contributed by atoms with E-state index < -0.39 is 0 Å². The predicted octanol–water partition coefficient (Wildman–Crippen LogP) is 5.72. The molecule has 1 amide bonds. The van der Waals surface area contributed by atoms with Gasteiger partial charge in [-0.1, -0.05) is 0 Å². The summed E-state index contributed by atoms with van der Waals surface area (Å²) < 4.78 is 35.3. The number of halogens is 1. The minimum Gasteiger partial charge on any atom is -0.493 e. The predicted molar refractivity (Wildman–Crippen MR) is 132 cm³/mol. The molecule has 0 aliphatic rings. The van der Waals surface area contributed by atoms with Crippen LogP contribution in [0.5, 0.6) is 23.0 Å². The number of carbonyl (C=O) groups is 1. The highest BCUT2D eigenvalue weighted by Crippen LogP contribution is 2.40. The number of hydrogen-bond donors (Lipinski definition) is 1. The van der Waals surface area contributed by atoms with Gasteiger partial charge in [-0.2, -0.15) is 0 Å². The fourth-order valence-corrected chi connectivity index (χ4v) is 3.74. The summed E-state index contributed by atoms with van der Waals surface area (Å²) in [6.07, 6.45) is 0. The number of pyridine rings is 1. The number of fused-ring (bicyclic) bond motifs is 1. The lowest BCUT2D eigenvalue weighted by atomic mass is 10.1. The van der Waals surface area contributed by atoms with Crippen molar-refractivity contribution in [3.63, 3.8) is 0 Å². The van der Waals surface area contributed by atoms with Crippen LogP contribution in [0.4, 0.5) is 10.1 Å². The summed E-state index contributed by atoms with van der Waals surface area (Å²) >= 11 is 0. The van der Waals surface area contributed by atoms with Crippen LogP contribution in [0, 0.1) is 5.82 Å². The number of benzene rings is 3. The minimum absolute atomic E-state index is 0.317. The topological polar surface area (TPSA) is 78.9 Å². The molecular weight excluding hydrogens is 451 g/mol. The average Bonchev–Trinajstić information content (AvgIpc) is 2.88. The van der Waals surface area contributed by atoms with Crippen molar-refractivity contribution in [1.82, 2.24) is 4.98 Å². The Morgan fingerprint density at radius 2 is 1.57 bits per heavy atom. The molecule has 0 aliphatic heterocycles. The van der Waals surface area contributed by atoms with Crippen LogP contribution in [0.1, 0.15) is 17.3 Å². The van der Waals surface area contributed by atoms with Gasteiger partial charge in [-0.25, -0.2) is 9.37 Å². The second-order valence-corrected chi connectivity index (χ2v) is 7.55. The SMILES string of the molecule is CCOc1cc(-c2ccc(F)cc2)nc2ccc(C(=O)Nc3cc(OC)c(OC)c(OC)c3)cc12. The summed E-state index contributed by atoms with van der Waals surface area (Å²) in [6.45, 7) is 2.31. The summed E-state index contributed by atoms with van der Waals surface area (Å²) in [4.78, 5) is 17.8. The fourth-order valence-electron chi connectivity index (χ4n) is 3.74. The van der Waals surface area contributed by atoms with Crippen molar-refractivity contribution in [3.8, 4) is 34.3 Å². The van der Waals surface area contributed by atoms with E-state index in [9.17, 15) is 9.18 Å². The van der Waals surface area contributed by atoms with Crippen molar-refractivity contribution in [2.24, 2.45) is 0 Å². The van der Waals surface area contributed by atoms with Gasteiger partial charge in [0.05, 0.1) is 39.1 Å². The van der Waals surface area contributed by atoms with E-state index in [2.05, 4.69) is 10.3 Å². The Bertz CT molecular complexity index is 1350. The Labute approximate surface area is 202 Å². The molecule has 1 N–H and O–H groups in total. The second kappa shape index (κ2) is 10.3. The third-order valence-corrected chi connectivity index (χ3v) is 5.40. The molecule has 180 valence electrons. The van der Waals surface area contributed by atoms with Crippen LogP contribution >= 0.6 is 0 Å². The first-order valence-corrected chi connectivity index (χ1v) is 10.9. The van der Waals surface area contributed by atoms with E-state index in [0.29, 0.717) is 57.5 Å². The third-order valence-electron chi connectivity index (χ3n) is 5.40. The minimum atomic E-state index is -0.328. The standard InChI is InChI=1S/C27H25FN2O5/c1-5-35-23-15-22(16-6-9-18(28)10-7-16)30-21-11-8-17(12-20(21)23)27(31)29-19-13-24(32-2)26(34-4)25(14-19)33-3/h6-15H,5H2,1-4H3,(H,29,31). The zero-order chi connectivity index (χ0) is 24.9. The van der Waals surface area contributed by atoms with Gasteiger partial charge in [0, 0.05) is 40.4 Å². The molecule has 0 fully saturated rings. The zero-order valence-corrected chi connectivity index (χ0v) is 19.8. The lowest BCUT2D eigenvalue weighted by Gasteiger charge is -2.15.